The van der Waals surface area contributed by atoms with Crippen LogP contribution < -0.4 is 24.8 Å². The van der Waals surface area contributed by atoms with Gasteiger partial charge in [0.1, 0.15) is 0 Å². The van der Waals surface area contributed by atoms with Crippen LogP contribution in [-0.4, -0.2) is 3.71 Å². The Bertz CT molecular complexity index is 2300. The molecule has 0 fully saturated rings. The van der Waals surface area contributed by atoms with E-state index in [9.17, 15) is 0 Å². The molecule has 0 aliphatic heterocycles. The fraction of sp³-hybridized carbons (Fsp3) is 0.204. The van der Waals surface area contributed by atoms with Crippen molar-refractivity contribution in [1.29, 1.82) is 0 Å². The Balaban J connectivity index is 0.00000240. The molecule has 6 aromatic carbocycles. The number of hydrogen-bond acceptors (Lipinski definition) is 0. The van der Waals surface area contributed by atoms with Crippen LogP contribution in [0.2, 0.25) is 5.02 Å². The van der Waals surface area contributed by atoms with Crippen molar-refractivity contribution in [2.75, 3.05) is 0 Å². The molecule has 0 heterocycles. The molecule has 0 atom stereocenters. The van der Waals surface area contributed by atoms with E-state index >= 15 is 0 Å². The maximum Gasteiger partial charge on any atom is -1.00 e. The molecule has 0 unspecified atom stereocenters. The minimum Gasteiger partial charge on any atom is -1.00 e. The summed E-state index contributed by atoms with van der Waals surface area (Å²) in [6.45, 7) is 14.2. The molecule has 0 spiro atoms. The van der Waals surface area contributed by atoms with Gasteiger partial charge in [0.15, 0.2) is 0 Å². The second-order valence-electron chi connectivity index (χ2n) is 16.2. The summed E-state index contributed by atoms with van der Waals surface area (Å²) in [5, 5.41) is 3.19. The van der Waals surface area contributed by atoms with Crippen LogP contribution in [0.5, 0.6) is 0 Å². The van der Waals surface area contributed by atoms with Crippen molar-refractivity contribution in [3.05, 3.63) is 176 Å². The SMILES string of the molecule is CC(C)(C)c1cc2c(cc1-c1ccccc1)[CH](/[Zr+2](=[CH]/c1cccc3c(Cl)cccc13)[C]1=CC=CC1)c1cc(-c3ccccc3)c(C(C)(C)C)cc1-2.[Cl-].[Cl-]. The third-order valence-electron chi connectivity index (χ3n) is 10.7. The van der Waals surface area contributed by atoms with Gasteiger partial charge in [-0.25, -0.2) is 0 Å². The van der Waals surface area contributed by atoms with E-state index in [0.29, 0.717) is 3.63 Å². The minimum absolute atomic E-state index is 0. The summed E-state index contributed by atoms with van der Waals surface area (Å²) in [5.74, 6) is 0. The van der Waals surface area contributed by atoms with Crippen molar-refractivity contribution < 1.29 is 46.1 Å². The van der Waals surface area contributed by atoms with E-state index in [1.54, 1.807) is 3.28 Å². The molecule has 0 aromatic heterocycles. The Kier molecular flexibility index (Phi) is 11.5. The van der Waals surface area contributed by atoms with Gasteiger partial charge in [-0.1, -0.05) is 0 Å². The topological polar surface area (TPSA) is 0 Å². The summed E-state index contributed by atoms with van der Waals surface area (Å²) in [6, 6.07) is 45.5. The van der Waals surface area contributed by atoms with Gasteiger partial charge < -0.3 is 24.8 Å². The largest absolute Gasteiger partial charge is 1.00 e. The third-order valence-corrected chi connectivity index (χ3v) is 18.4. The Labute approximate surface area is 341 Å². The zero-order valence-corrected chi connectivity index (χ0v) is 36.0. The van der Waals surface area contributed by atoms with E-state index in [2.05, 4.69) is 179 Å². The normalized spacial score (nSPS) is 13.7. The molecule has 53 heavy (non-hydrogen) atoms. The fourth-order valence-electron chi connectivity index (χ4n) is 8.25. The first-order valence-electron chi connectivity index (χ1n) is 18.2. The monoisotopic (exact) mass is 828 g/mol. The molecule has 0 N–H and O–H groups in total. The number of rotatable bonds is 5. The van der Waals surface area contributed by atoms with E-state index < -0.39 is 21.3 Å². The van der Waals surface area contributed by atoms with Gasteiger partial charge in [-0.05, 0) is 0 Å². The fourth-order valence-corrected chi connectivity index (χ4v) is 16.1. The molecule has 8 rings (SSSR count). The van der Waals surface area contributed by atoms with Crippen LogP contribution in [-0.2, 0) is 32.1 Å². The van der Waals surface area contributed by atoms with Crippen LogP contribution in [0.15, 0.2) is 143 Å². The van der Waals surface area contributed by atoms with Crippen molar-refractivity contribution in [2.45, 2.75) is 62.4 Å². The molecular weight excluding hydrogens is 786 g/mol. The molecule has 0 radical (unpaired) electrons. The predicted octanol–water partition coefficient (Wildman–Crippen LogP) is 7.81. The number of hydrogen-bond donors (Lipinski definition) is 0. The Morgan fingerprint density at radius 1 is 0.585 bits per heavy atom. The molecule has 0 saturated carbocycles. The van der Waals surface area contributed by atoms with Crippen LogP contribution in [0.1, 0.15) is 79.4 Å². The Morgan fingerprint density at radius 2 is 1.09 bits per heavy atom. The maximum atomic E-state index is 6.79. The quantitative estimate of drug-likeness (QED) is 0.167. The van der Waals surface area contributed by atoms with E-state index in [4.69, 9.17) is 11.6 Å². The van der Waals surface area contributed by atoms with Crippen LogP contribution in [0.25, 0.3) is 44.2 Å². The van der Waals surface area contributed by atoms with Crippen molar-refractivity contribution in [2.24, 2.45) is 0 Å². The average molecular weight is 831 g/mol. The summed E-state index contributed by atoms with van der Waals surface area (Å²) in [7, 11) is 0. The first kappa shape index (κ1) is 39.4. The summed E-state index contributed by atoms with van der Waals surface area (Å²) < 4.78 is 4.71. The van der Waals surface area contributed by atoms with Crippen molar-refractivity contribution >= 4 is 26.1 Å². The molecule has 0 nitrogen and oxygen atoms in total. The predicted molar refractivity (Wildman–Crippen MR) is 218 cm³/mol. The van der Waals surface area contributed by atoms with Gasteiger partial charge in [-0.2, -0.15) is 0 Å². The summed E-state index contributed by atoms with van der Waals surface area (Å²) in [4.78, 5) is 0. The van der Waals surface area contributed by atoms with Gasteiger partial charge in [-0.15, -0.1) is 0 Å². The summed E-state index contributed by atoms with van der Waals surface area (Å²) in [5.41, 5.74) is 15.2. The summed E-state index contributed by atoms with van der Waals surface area (Å²) in [6.07, 6.45) is 8.13. The van der Waals surface area contributed by atoms with Crippen molar-refractivity contribution in [1.82, 2.24) is 0 Å². The van der Waals surface area contributed by atoms with E-state index in [-0.39, 0.29) is 35.6 Å². The number of allylic oxidation sites excluding steroid dienone is 4. The minimum atomic E-state index is -2.71. The van der Waals surface area contributed by atoms with Gasteiger partial charge in [0.25, 0.3) is 0 Å². The van der Waals surface area contributed by atoms with E-state index in [0.717, 1.165) is 16.8 Å². The van der Waals surface area contributed by atoms with E-state index in [1.165, 1.54) is 66.6 Å². The molecule has 0 saturated heterocycles. The molecule has 2 aliphatic carbocycles. The molecule has 0 amide bonds. The number of halogens is 3. The number of benzene rings is 6. The molecule has 4 heteroatoms. The first-order valence-corrected chi connectivity index (χ1v) is 22.7. The second-order valence-corrected chi connectivity index (χ2v) is 22.6. The Hall–Kier alpha value is -3.32. The average Bonchev–Trinajstić information content (AvgIpc) is 3.76. The standard InChI is InChI=1S/C33H33.C11H7Cl.C5H5.2ClH.Zr/c1-32(2,3)30-20-26-24(18-28(30)22-13-9-7-10-14-22)17-25-19-29(23-15-11-8-12-16-23)31(21-27(25)26)33(4,5)6;1-8-4-2-6-10-9(8)5-3-7-11(10)12;1-2-4-5-3-1;;;/h7-21H,1-6H3;1-7H;1-3H,4H2;2*1H;/q;;;;;+2/p-2. The molecule has 2 aliphatic rings. The van der Waals surface area contributed by atoms with Gasteiger partial charge in [0.05, 0.1) is 0 Å². The van der Waals surface area contributed by atoms with Crippen LogP contribution in [0.3, 0.4) is 0 Å². The third kappa shape index (κ3) is 7.41. The maximum absolute atomic E-state index is 6.79. The van der Waals surface area contributed by atoms with Gasteiger partial charge in [0.2, 0.25) is 0 Å². The molecule has 0 bridgehead atoms. The molecular formula is C49H45Cl3Zr. The van der Waals surface area contributed by atoms with Crippen LogP contribution >= 0.6 is 11.6 Å². The van der Waals surface area contributed by atoms with Crippen LogP contribution in [0, 0.1) is 0 Å². The van der Waals surface area contributed by atoms with Gasteiger partial charge in [0, 0.05) is 0 Å². The van der Waals surface area contributed by atoms with E-state index in [1.807, 2.05) is 6.07 Å². The van der Waals surface area contributed by atoms with Crippen molar-refractivity contribution in [3.63, 3.8) is 0 Å². The van der Waals surface area contributed by atoms with Gasteiger partial charge >= 0.3 is 319 Å². The molecule has 266 valence electrons. The first-order chi connectivity index (χ1) is 24.5. The smallest absolute Gasteiger partial charge is 1.00 e. The zero-order chi connectivity index (χ0) is 35.5. The number of fused-ring (bicyclic) bond motifs is 4. The van der Waals surface area contributed by atoms with Crippen LogP contribution in [0.4, 0.5) is 0 Å². The summed E-state index contributed by atoms with van der Waals surface area (Å²) >= 11 is 4.07. The Morgan fingerprint density at radius 3 is 1.58 bits per heavy atom. The van der Waals surface area contributed by atoms with Crippen molar-refractivity contribution in [3.8, 4) is 33.4 Å². The van der Waals surface area contributed by atoms with Gasteiger partial charge in [-0.3, -0.25) is 0 Å². The zero-order valence-electron chi connectivity index (χ0n) is 31.3. The molecule has 6 aromatic rings. The second kappa shape index (κ2) is 15.4.